The lowest BCUT2D eigenvalue weighted by molar-refractivity contribution is 0.415. The molecule has 0 bridgehead atoms. The van der Waals surface area contributed by atoms with Gasteiger partial charge >= 0.3 is 0 Å². The van der Waals surface area contributed by atoms with Crippen LogP contribution < -0.4 is 0 Å². The Hall–Kier alpha value is 0.540. The van der Waals surface area contributed by atoms with Gasteiger partial charge in [0.2, 0.25) is 0 Å². The number of halogens is 2. The molecule has 0 heterocycles. The topological polar surface area (TPSA) is 3.24 Å². The van der Waals surface area contributed by atoms with E-state index in [-0.39, 0.29) is 0 Å². The van der Waals surface area contributed by atoms with E-state index in [4.69, 9.17) is 23.2 Å². The van der Waals surface area contributed by atoms with Crippen LogP contribution in [0.5, 0.6) is 0 Å². The average Bonchev–Trinajstić information content (AvgIpc) is 1.68. The number of hydrogen-bond acceptors (Lipinski definition) is 1. The van der Waals surface area contributed by atoms with Crippen molar-refractivity contribution in [2.75, 3.05) is 25.5 Å². The summed E-state index contributed by atoms with van der Waals surface area (Å²) in [5.74, 6) is 0.656. The van der Waals surface area contributed by atoms with Crippen molar-refractivity contribution in [2.24, 2.45) is 0 Å². The van der Waals surface area contributed by atoms with Crippen LogP contribution in [0.1, 0.15) is 0 Å². The number of alkyl halides is 2. The van der Waals surface area contributed by atoms with Gasteiger partial charge in [0.25, 0.3) is 0 Å². The zero-order valence-corrected chi connectivity index (χ0v) is 5.84. The maximum Gasteiger partial charge on any atom is 0.0736 e. The molecule has 0 atom stereocenters. The summed E-state index contributed by atoms with van der Waals surface area (Å²) < 4.78 is 0. The average molecular weight is 142 g/mol. The molecule has 0 aromatic heterocycles. The van der Waals surface area contributed by atoms with Crippen molar-refractivity contribution in [1.29, 1.82) is 0 Å². The second kappa shape index (κ2) is 4.69. The largest absolute Gasteiger partial charge is 0.292 e. The Kier molecular flexibility index (Phi) is 5.05. The van der Waals surface area contributed by atoms with Crippen molar-refractivity contribution in [2.45, 2.75) is 0 Å². The van der Waals surface area contributed by atoms with Crippen LogP contribution >= 0.6 is 23.2 Å². The molecule has 0 aliphatic carbocycles. The first-order chi connectivity index (χ1) is 3.31. The maximum absolute atomic E-state index is 5.40. The van der Waals surface area contributed by atoms with E-state index >= 15 is 0 Å². The highest BCUT2D eigenvalue weighted by Gasteiger charge is 1.89. The van der Waals surface area contributed by atoms with Crippen LogP contribution in [0.2, 0.25) is 0 Å². The lowest BCUT2D eigenvalue weighted by atomic mass is 10.7. The van der Waals surface area contributed by atoms with E-state index in [9.17, 15) is 0 Å². The minimum atomic E-state index is 0.562. The minimum absolute atomic E-state index is 0.562. The molecule has 0 saturated carbocycles. The lowest BCUT2D eigenvalue weighted by Crippen LogP contribution is -2.18. The Balaban J connectivity index is 2.83. The molecule has 7 heavy (non-hydrogen) atoms. The summed E-state index contributed by atoms with van der Waals surface area (Å²) in [6, 6.07) is 0.562. The van der Waals surface area contributed by atoms with Crippen LogP contribution in [0.15, 0.2) is 0 Å². The molecule has 0 aromatic carbocycles. The smallest absolute Gasteiger partial charge is 0.0736 e. The molecule has 0 N–H and O–H groups in total. The fourth-order valence-electron chi connectivity index (χ4n) is 0.204. The SMILES string of the molecule is CN(CCl)CCCl. The molecule has 0 spiro atoms. The fourth-order valence-corrected chi connectivity index (χ4v) is 0.612. The summed E-state index contributed by atoms with van der Waals surface area (Å²) in [4.78, 5) is 1.94. The zero-order valence-electron chi connectivity index (χ0n) is 4.32. The molecule has 1 nitrogen and oxygen atoms in total. The van der Waals surface area contributed by atoms with Gasteiger partial charge in [-0.2, -0.15) is 0 Å². The van der Waals surface area contributed by atoms with E-state index in [1.54, 1.807) is 0 Å². The van der Waals surface area contributed by atoms with Gasteiger partial charge in [0.1, 0.15) is 0 Å². The second-order valence-corrected chi connectivity index (χ2v) is 2.01. The predicted molar refractivity (Wildman–Crippen MR) is 34.1 cm³/mol. The first-order valence-corrected chi connectivity index (χ1v) is 3.18. The van der Waals surface area contributed by atoms with E-state index in [0.29, 0.717) is 11.9 Å². The Morgan fingerprint density at radius 3 is 2.14 bits per heavy atom. The summed E-state index contributed by atoms with van der Waals surface area (Å²) in [5, 5.41) is 0. The molecule has 3 heteroatoms. The van der Waals surface area contributed by atoms with Crippen LogP contribution in [0, 0.1) is 0 Å². The molecule has 0 amide bonds. The monoisotopic (exact) mass is 141 g/mol. The van der Waals surface area contributed by atoms with Crippen molar-refractivity contribution in [3.8, 4) is 0 Å². The molecule has 0 rings (SSSR count). The molecule has 0 aliphatic heterocycles. The highest BCUT2D eigenvalue weighted by Crippen LogP contribution is 1.85. The Labute approximate surface area is 54.2 Å². The van der Waals surface area contributed by atoms with Crippen LogP contribution in [-0.4, -0.2) is 30.4 Å². The fraction of sp³-hybridized carbons (Fsp3) is 1.00. The van der Waals surface area contributed by atoms with E-state index in [1.165, 1.54) is 0 Å². The van der Waals surface area contributed by atoms with Crippen LogP contribution in [0.4, 0.5) is 0 Å². The molecule has 0 aliphatic rings. The van der Waals surface area contributed by atoms with Gasteiger partial charge in [-0.1, -0.05) is 0 Å². The Bertz CT molecular complexity index is 40.7. The molecular formula is C4H9Cl2N. The number of rotatable bonds is 3. The van der Waals surface area contributed by atoms with Gasteiger partial charge in [-0.3, -0.25) is 4.90 Å². The molecule has 44 valence electrons. The Morgan fingerprint density at radius 2 is 2.00 bits per heavy atom. The van der Waals surface area contributed by atoms with Crippen LogP contribution in [0.25, 0.3) is 0 Å². The standard InChI is InChI=1S/C4H9Cl2N/c1-7(4-6)3-2-5/h2-4H2,1H3. The third kappa shape index (κ3) is 4.39. The van der Waals surface area contributed by atoms with Crippen LogP contribution in [0.3, 0.4) is 0 Å². The van der Waals surface area contributed by atoms with Crippen molar-refractivity contribution in [3.05, 3.63) is 0 Å². The molecule has 0 saturated heterocycles. The minimum Gasteiger partial charge on any atom is -0.292 e. The van der Waals surface area contributed by atoms with Crippen molar-refractivity contribution in [3.63, 3.8) is 0 Å². The van der Waals surface area contributed by atoms with Gasteiger partial charge in [0.05, 0.1) is 6.00 Å². The third-order valence-corrected chi connectivity index (χ3v) is 1.25. The third-order valence-electron chi connectivity index (χ3n) is 0.670. The van der Waals surface area contributed by atoms with Gasteiger partial charge in [-0.25, -0.2) is 0 Å². The predicted octanol–water partition coefficient (Wildman–Crippen LogP) is 1.35. The van der Waals surface area contributed by atoms with Crippen molar-refractivity contribution in [1.82, 2.24) is 4.90 Å². The van der Waals surface area contributed by atoms with E-state index in [1.807, 2.05) is 11.9 Å². The molecule has 0 aromatic rings. The normalized spacial score (nSPS) is 10.3. The van der Waals surface area contributed by atoms with Gasteiger partial charge in [-0.15, -0.1) is 23.2 Å². The number of nitrogens with zero attached hydrogens (tertiary/aromatic N) is 1. The summed E-state index contributed by atoms with van der Waals surface area (Å²) >= 11 is 10.8. The summed E-state index contributed by atoms with van der Waals surface area (Å²) in [6.45, 7) is 0.866. The van der Waals surface area contributed by atoms with Crippen LogP contribution in [-0.2, 0) is 0 Å². The second-order valence-electron chi connectivity index (χ2n) is 1.39. The van der Waals surface area contributed by atoms with Gasteiger partial charge in [-0.05, 0) is 7.05 Å². The summed E-state index contributed by atoms with van der Waals surface area (Å²) in [5.41, 5.74) is 0. The van der Waals surface area contributed by atoms with Crippen molar-refractivity contribution >= 4 is 23.2 Å². The highest BCUT2D eigenvalue weighted by molar-refractivity contribution is 6.18. The van der Waals surface area contributed by atoms with E-state index in [2.05, 4.69) is 0 Å². The zero-order chi connectivity index (χ0) is 5.70. The first-order valence-electron chi connectivity index (χ1n) is 2.11. The Morgan fingerprint density at radius 1 is 1.43 bits per heavy atom. The highest BCUT2D eigenvalue weighted by atomic mass is 35.5. The quantitative estimate of drug-likeness (QED) is 0.424. The van der Waals surface area contributed by atoms with Gasteiger partial charge < -0.3 is 0 Å². The summed E-state index contributed by atoms with van der Waals surface area (Å²) in [6.07, 6.45) is 0. The van der Waals surface area contributed by atoms with E-state index < -0.39 is 0 Å². The molecule has 0 fully saturated rings. The van der Waals surface area contributed by atoms with E-state index in [0.717, 1.165) is 6.54 Å². The molecular weight excluding hydrogens is 133 g/mol. The molecule has 0 radical (unpaired) electrons. The number of hydrogen-bond donors (Lipinski definition) is 0. The maximum atomic E-state index is 5.40. The summed E-state index contributed by atoms with van der Waals surface area (Å²) in [7, 11) is 1.93. The van der Waals surface area contributed by atoms with Crippen molar-refractivity contribution < 1.29 is 0 Å². The lowest BCUT2D eigenvalue weighted by Gasteiger charge is -2.07. The van der Waals surface area contributed by atoms with Gasteiger partial charge in [0.15, 0.2) is 0 Å². The first kappa shape index (κ1) is 7.54. The molecule has 0 unspecified atom stereocenters. The van der Waals surface area contributed by atoms with Gasteiger partial charge in [0, 0.05) is 12.4 Å².